The van der Waals surface area contributed by atoms with E-state index in [0.717, 1.165) is 45.5 Å². The van der Waals surface area contributed by atoms with Crippen LogP contribution in [0.15, 0.2) is 0 Å². The third-order valence-corrected chi connectivity index (χ3v) is 5.22. The fourth-order valence-electron chi connectivity index (χ4n) is 3.88. The van der Waals surface area contributed by atoms with Gasteiger partial charge in [-0.15, -0.1) is 0 Å². The molecule has 0 N–H and O–H groups in total. The van der Waals surface area contributed by atoms with Gasteiger partial charge in [0, 0.05) is 38.5 Å². The first kappa shape index (κ1) is 18.7. The molecule has 0 aliphatic carbocycles. The molecule has 132 valence electrons. The Morgan fingerprint density at radius 1 is 1.43 bits per heavy atom. The summed E-state index contributed by atoms with van der Waals surface area (Å²) in [5, 5.41) is 9.88. The van der Waals surface area contributed by atoms with Crippen molar-refractivity contribution >= 4 is 0 Å². The fraction of sp³-hybridized carbons (Fsp3) is 0.944. The maximum atomic E-state index is 9.88. The van der Waals surface area contributed by atoms with Crippen LogP contribution in [-0.2, 0) is 9.47 Å². The summed E-state index contributed by atoms with van der Waals surface area (Å²) in [6.07, 6.45) is 3.03. The summed E-state index contributed by atoms with van der Waals surface area (Å²) in [5.41, 5.74) is -0.561. The molecule has 0 amide bonds. The van der Waals surface area contributed by atoms with Crippen LogP contribution in [0, 0.1) is 11.3 Å². The van der Waals surface area contributed by atoms with Crippen LogP contribution in [0.2, 0.25) is 0 Å². The fourth-order valence-corrected chi connectivity index (χ4v) is 3.88. The summed E-state index contributed by atoms with van der Waals surface area (Å²) >= 11 is 0. The second-order valence-corrected chi connectivity index (χ2v) is 7.97. The van der Waals surface area contributed by atoms with Crippen molar-refractivity contribution in [2.75, 3.05) is 39.9 Å². The first-order valence-electron chi connectivity index (χ1n) is 8.90. The molecule has 0 saturated carbocycles. The normalized spacial score (nSPS) is 31.7. The average molecular weight is 323 g/mol. The maximum Gasteiger partial charge on any atom is 0.114 e. The van der Waals surface area contributed by atoms with Crippen LogP contribution < -0.4 is 0 Å². The molecule has 23 heavy (non-hydrogen) atoms. The highest BCUT2D eigenvalue weighted by molar-refractivity contribution is 5.14. The number of hydrogen-bond acceptors (Lipinski definition) is 5. The topological polar surface area (TPSA) is 48.7 Å². The minimum atomic E-state index is -0.355. The summed E-state index contributed by atoms with van der Waals surface area (Å²) in [6, 6.07) is 3.15. The lowest BCUT2D eigenvalue weighted by Gasteiger charge is -2.45. The Morgan fingerprint density at radius 2 is 2.17 bits per heavy atom. The number of nitriles is 1. The van der Waals surface area contributed by atoms with Crippen LogP contribution in [-0.4, -0.2) is 73.0 Å². The predicted molar refractivity (Wildman–Crippen MR) is 91.3 cm³/mol. The average Bonchev–Trinajstić information content (AvgIpc) is 2.96. The molecule has 2 saturated heterocycles. The predicted octanol–water partition coefficient (Wildman–Crippen LogP) is 2.27. The highest BCUT2D eigenvalue weighted by Crippen LogP contribution is 2.38. The monoisotopic (exact) mass is 323 g/mol. The minimum absolute atomic E-state index is 0.205. The van der Waals surface area contributed by atoms with Crippen molar-refractivity contribution < 1.29 is 9.47 Å². The zero-order chi connectivity index (χ0) is 17.1. The Hall–Kier alpha value is -0.670. The lowest BCUT2D eigenvalue weighted by Crippen LogP contribution is -2.55. The second kappa shape index (κ2) is 7.48. The lowest BCUT2D eigenvalue weighted by molar-refractivity contribution is -0.100. The highest BCUT2D eigenvalue weighted by Gasteiger charge is 2.47. The van der Waals surface area contributed by atoms with Crippen LogP contribution in [0.3, 0.4) is 0 Å². The molecule has 5 nitrogen and oxygen atoms in total. The van der Waals surface area contributed by atoms with Crippen molar-refractivity contribution in [1.82, 2.24) is 9.80 Å². The molecule has 1 unspecified atom stereocenters. The molecular weight excluding hydrogens is 290 g/mol. The van der Waals surface area contributed by atoms with E-state index in [4.69, 9.17) is 9.47 Å². The van der Waals surface area contributed by atoms with E-state index >= 15 is 0 Å². The Kier molecular flexibility index (Phi) is 6.07. The van der Waals surface area contributed by atoms with Crippen molar-refractivity contribution in [3.05, 3.63) is 0 Å². The molecule has 2 rings (SSSR count). The van der Waals surface area contributed by atoms with Gasteiger partial charge < -0.3 is 9.47 Å². The molecule has 0 aromatic heterocycles. The van der Waals surface area contributed by atoms with Gasteiger partial charge in [-0.25, -0.2) is 0 Å². The van der Waals surface area contributed by atoms with Crippen molar-refractivity contribution in [2.24, 2.45) is 0 Å². The number of ether oxygens (including phenoxy) is 2. The minimum Gasteiger partial charge on any atom is -0.377 e. The van der Waals surface area contributed by atoms with Gasteiger partial charge in [0.25, 0.3) is 0 Å². The quantitative estimate of drug-likeness (QED) is 0.750. The summed E-state index contributed by atoms with van der Waals surface area (Å²) < 4.78 is 11.5. The molecule has 5 heteroatoms. The summed E-state index contributed by atoms with van der Waals surface area (Å²) in [7, 11) is 2.17. The van der Waals surface area contributed by atoms with E-state index in [1.54, 1.807) is 0 Å². The molecular formula is C18H33N3O2. The second-order valence-electron chi connectivity index (χ2n) is 7.97. The number of hydrogen-bond donors (Lipinski definition) is 0. The van der Waals surface area contributed by atoms with Crippen molar-refractivity contribution in [3.8, 4) is 6.07 Å². The van der Waals surface area contributed by atoms with Crippen LogP contribution in [0.4, 0.5) is 0 Å². The maximum absolute atomic E-state index is 9.88. The zero-order valence-electron chi connectivity index (χ0n) is 15.5. The molecule has 2 aliphatic heterocycles. The van der Waals surface area contributed by atoms with E-state index in [-0.39, 0.29) is 17.2 Å². The van der Waals surface area contributed by atoms with Gasteiger partial charge in [-0.1, -0.05) is 0 Å². The molecule has 0 radical (unpaired) electrons. The van der Waals surface area contributed by atoms with Gasteiger partial charge >= 0.3 is 0 Å². The molecule has 2 aliphatic rings. The van der Waals surface area contributed by atoms with E-state index in [1.807, 2.05) is 0 Å². The van der Waals surface area contributed by atoms with Crippen molar-refractivity contribution in [2.45, 2.75) is 70.2 Å². The number of likely N-dealkylation sites (N-methyl/N-ethyl adjacent to an activating group) is 1. The molecule has 0 aromatic carbocycles. The van der Waals surface area contributed by atoms with Crippen molar-refractivity contribution in [3.63, 3.8) is 0 Å². The van der Waals surface area contributed by atoms with Crippen LogP contribution in [0.5, 0.6) is 0 Å². The third-order valence-electron chi connectivity index (χ3n) is 5.22. The van der Waals surface area contributed by atoms with Gasteiger partial charge in [0.1, 0.15) is 5.54 Å². The van der Waals surface area contributed by atoms with Gasteiger partial charge in [0.05, 0.1) is 31.0 Å². The Bertz CT molecular complexity index is 432. The molecule has 0 aromatic rings. The van der Waals surface area contributed by atoms with E-state index in [2.05, 4.69) is 50.6 Å². The van der Waals surface area contributed by atoms with Crippen LogP contribution in [0.1, 0.15) is 47.0 Å². The molecule has 0 bridgehead atoms. The number of nitrogens with zero attached hydrogens (tertiary/aromatic N) is 3. The highest BCUT2D eigenvalue weighted by atomic mass is 16.5. The zero-order valence-corrected chi connectivity index (χ0v) is 15.5. The van der Waals surface area contributed by atoms with Gasteiger partial charge in [-0.05, 0) is 41.2 Å². The van der Waals surface area contributed by atoms with E-state index in [1.165, 1.54) is 0 Å². The number of rotatable bonds is 6. The smallest absolute Gasteiger partial charge is 0.114 e. The Labute approximate surface area is 141 Å². The summed E-state index contributed by atoms with van der Waals surface area (Å²) in [6.45, 7) is 12.7. The van der Waals surface area contributed by atoms with Crippen LogP contribution >= 0.6 is 0 Å². The summed E-state index contributed by atoms with van der Waals surface area (Å²) in [5.74, 6) is 0. The largest absolute Gasteiger partial charge is 0.377 e. The third kappa shape index (κ3) is 4.67. The SMILES string of the molecule is CC(C)OCCN(C)[C@@H]1CCN(C2(C#N)CCOC(C)(C)C2)C1. The van der Waals surface area contributed by atoms with Gasteiger partial charge in [0.2, 0.25) is 0 Å². The van der Waals surface area contributed by atoms with Crippen LogP contribution in [0.25, 0.3) is 0 Å². The lowest BCUT2D eigenvalue weighted by atomic mass is 9.81. The van der Waals surface area contributed by atoms with Gasteiger partial charge in [0.15, 0.2) is 0 Å². The standard InChI is InChI=1S/C18H33N3O2/c1-15(2)22-11-9-20(5)16-6-8-21(12-16)18(14-19)7-10-23-17(3,4)13-18/h15-16H,6-13H2,1-5H3/t16-,18?/m1/s1. The Morgan fingerprint density at radius 3 is 2.78 bits per heavy atom. The van der Waals surface area contributed by atoms with E-state index < -0.39 is 0 Å². The van der Waals surface area contributed by atoms with Gasteiger partial charge in [-0.3, -0.25) is 9.80 Å². The first-order valence-corrected chi connectivity index (χ1v) is 8.90. The van der Waals surface area contributed by atoms with Crippen molar-refractivity contribution in [1.29, 1.82) is 5.26 Å². The molecule has 2 heterocycles. The molecule has 0 spiro atoms. The van der Waals surface area contributed by atoms with E-state index in [9.17, 15) is 5.26 Å². The molecule has 2 atom stereocenters. The van der Waals surface area contributed by atoms with E-state index in [0.29, 0.717) is 12.6 Å². The van der Waals surface area contributed by atoms with Gasteiger partial charge in [-0.2, -0.15) is 5.26 Å². The summed E-state index contributed by atoms with van der Waals surface area (Å²) in [4.78, 5) is 4.79. The first-order chi connectivity index (χ1) is 10.8. The number of likely N-dealkylation sites (tertiary alicyclic amines) is 1. The molecule has 2 fully saturated rings. The Balaban J connectivity index is 1.92.